The van der Waals surface area contributed by atoms with E-state index in [0.29, 0.717) is 21.5 Å². The van der Waals surface area contributed by atoms with Gasteiger partial charge in [0.15, 0.2) is 5.78 Å². The lowest BCUT2D eigenvalue weighted by atomic mass is 10.2. The van der Waals surface area contributed by atoms with E-state index in [1.807, 2.05) is 0 Å². The minimum absolute atomic E-state index is 0.116. The molecule has 0 fully saturated rings. The first-order valence-corrected chi connectivity index (χ1v) is 7.73. The van der Waals surface area contributed by atoms with Crippen LogP contribution in [0.4, 0.5) is 0 Å². The van der Waals surface area contributed by atoms with Crippen molar-refractivity contribution in [2.45, 2.75) is 6.54 Å². The van der Waals surface area contributed by atoms with Crippen molar-refractivity contribution in [1.82, 2.24) is 19.4 Å². The van der Waals surface area contributed by atoms with Crippen LogP contribution in [-0.2, 0) is 13.6 Å². The number of rotatable bonds is 4. The summed E-state index contributed by atoms with van der Waals surface area (Å²) in [5, 5.41) is 4.81. The number of thiophene rings is 1. The molecule has 0 aliphatic heterocycles. The Hall–Kier alpha value is -2.74. The van der Waals surface area contributed by atoms with Crippen LogP contribution in [-0.4, -0.2) is 32.9 Å². The predicted octanol–water partition coefficient (Wildman–Crippen LogP) is 1.04. The maximum absolute atomic E-state index is 12.4. The number of Topliss-reactive ketones (excluding diaryl/α,β-unsaturated/α-hetero) is 1. The average molecular weight is 330 g/mol. The zero-order chi connectivity index (χ0) is 16.6. The van der Waals surface area contributed by atoms with E-state index in [9.17, 15) is 14.4 Å². The number of nitrogens with one attached hydrogen (secondary N) is 1. The van der Waals surface area contributed by atoms with E-state index >= 15 is 0 Å². The molecule has 0 atom stereocenters. The molecule has 0 saturated heterocycles. The van der Waals surface area contributed by atoms with Crippen molar-refractivity contribution in [3.05, 3.63) is 51.6 Å². The molecule has 0 spiro atoms. The van der Waals surface area contributed by atoms with Gasteiger partial charge in [0.1, 0.15) is 10.5 Å². The number of carbonyl (C=O) groups is 2. The molecule has 8 heteroatoms. The van der Waals surface area contributed by atoms with E-state index in [0.717, 1.165) is 0 Å². The number of fused-ring (bicyclic) bond motifs is 1. The average Bonchev–Trinajstić information content (AvgIpc) is 3.16. The van der Waals surface area contributed by atoms with Crippen LogP contribution in [0, 0.1) is 0 Å². The molecule has 3 heterocycles. The third-order valence-electron chi connectivity index (χ3n) is 3.55. The van der Waals surface area contributed by atoms with E-state index in [2.05, 4.69) is 10.3 Å². The molecule has 0 radical (unpaired) electrons. The van der Waals surface area contributed by atoms with Crippen LogP contribution in [0.2, 0.25) is 0 Å². The Balaban J connectivity index is 1.90. The molecule has 0 aliphatic carbocycles. The molecule has 1 amide bonds. The van der Waals surface area contributed by atoms with Crippen molar-refractivity contribution >= 4 is 33.2 Å². The summed E-state index contributed by atoms with van der Waals surface area (Å²) in [5.41, 5.74) is 0.519. The Morgan fingerprint density at radius 2 is 2.17 bits per heavy atom. The van der Waals surface area contributed by atoms with E-state index < -0.39 is 0 Å². The third kappa shape index (κ3) is 2.68. The number of ketones is 1. The fourth-order valence-electron chi connectivity index (χ4n) is 2.32. The van der Waals surface area contributed by atoms with Crippen LogP contribution in [0.5, 0.6) is 0 Å². The third-order valence-corrected chi connectivity index (χ3v) is 4.37. The van der Waals surface area contributed by atoms with Gasteiger partial charge >= 0.3 is 0 Å². The Morgan fingerprint density at radius 3 is 2.91 bits per heavy atom. The molecular formula is C15H14N4O3S. The predicted molar refractivity (Wildman–Crippen MR) is 87.0 cm³/mol. The lowest BCUT2D eigenvalue weighted by Gasteiger charge is -2.03. The summed E-state index contributed by atoms with van der Waals surface area (Å²) in [6.45, 7) is -0.116. The molecular weight excluding hydrogens is 316 g/mol. The Bertz CT molecular complexity index is 967. The van der Waals surface area contributed by atoms with Gasteiger partial charge in [-0.3, -0.25) is 19.0 Å². The van der Waals surface area contributed by atoms with Gasteiger partial charge in [0, 0.05) is 25.9 Å². The molecule has 0 saturated carbocycles. The fraction of sp³-hybridized carbons (Fsp3) is 0.200. The Labute approximate surface area is 135 Å². The first-order chi connectivity index (χ1) is 11.0. The second-order valence-electron chi connectivity index (χ2n) is 5.04. The molecule has 3 rings (SSSR count). The number of hydrogen-bond donors (Lipinski definition) is 1. The van der Waals surface area contributed by atoms with Crippen LogP contribution in [0.15, 0.2) is 34.8 Å². The molecule has 0 aromatic carbocycles. The van der Waals surface area contributed by atoms with Crippen LogP contribution < -0.4 is 10.9 Å². The standard InChI is InChI=1S/C15H14N4O3S/c1-16-13(21)11-5-9(6-18(11)2)12(20)7-19-8-17-14-10(15(19)22)3-4-23-14/h3-6,8H,7H2,1-2H3,(H,16,21). The van der Waals surface area contributed by atoms with E-state index in [-0.39, 0.29) is 23.8 Å². The number of aromatic nitrogens is 3. The Morgan fingerprint density at radius 1 is 1.39 bits per heavy atom. The molecule has 3 aromatic rings. The molecule has 1 N–H and O–H groups in total. The smallest absolute Gasteiger partial charge is 0.267 e. The van der Waals surface area contributed by atoms with E-state index in [4.69, 9.17) is 0 Å². The topological polar surface area (TPSA) is 86.0 Å². The zero-order valence-electron chi connectivity index (χ0n) is 12.6. The molecule has 3 aromatic heterocycles. The van der Waals surface area contributed by atoms with Gasteiger partial charge < -0.3 is 9.88 Å². The van der Waals surface area contributed by atoms with Gasteiger partial charge in [-0.15, -0.1) is 11.3 Å². The molecule has 118 valence electrons. The first kappa shape index (κ1) is 15.2. The molecule has 7 nitrogen and oxygen atoms in total. The molecule has 0 unspecified atom stereocenters. The van der Waals surface area contributed by atoms with Crippen molar-refractivity contribution in [3.8, 4) is 0 Å². The Kier molecular flexibility index (Phi) is 3.83. The number of carbonyl (C=O) groups excluding carboxylic acids is 2. The van der Waals surface area contributed by atoms with E-state index in [1.54, 1.807) is 29.3 Å². The van der Waals surface area contributed by atoms with Gasteiger partial charge in [0.2, 0.25) is 0 Å². The van der Waals surface area contributed by atoms with Gasteiger partial charge in [-0.1, -0.05) is 0 Å². The van der Waals surface area contributed by atoms with Crippen molar-refractivity contribution in [2.75, 3.05) is 7.05 Å². The summed E-state index contributed by atoms with van der Waals surface area (Å²) in [7, 11) is 3.21. The highest BCUT2D eigenvalue weighted by molar-refractivity contribution is 7.16. The van der Waals surface area contributed by atoms with Crippen molar-refractivity contribution in [2.24, 2.45) is 7.05 Å². The van der Waals surface area contributed by atoms with Crippen molar-refractivity contribution in [1.29, 1.82) is 0 Å². The second kappa shape index (κ2) is 5.81. The van der Waals surface area contributed by atoms with Crippen LogP contribution in [0.25, 0.3) is 10.2 Å². The summed E-state index contributed by atoms with van der Waals surface area (Å²) in [6, 6.07) is 3.21. The molecule has 23 heavy (non-hydrogen) atoms. The highest BCUT2D eigenvalue weighted by atomic mass is 32.1. The van der Waals surface area contributed by atoms with Gasteiger partial charge in [0.05, 0.1) is 18.3 Å². The van der Waals surface area contributed by atoms with E-state index in [1.165, 1.54) is 35.3 Å². The van der Waals surface area contributed by atoms with Crippen molar-refractivity contribution < 1.29 is 9.59 Å². The van der Waals surface area contributed by atoms with Gasteiger partial charge in [0.25, 0.3) is 11.5 Å². The monoisotopic (exact) mass is 330 g/mol. The molecule has 0 aliphatic rings. The minimum Gasteiger partial charge on any atom is -0.354 e. The van der Waals surface area contributed by atoms with Crippen molar-refractivity contribution in [3.63, 3.8) is 0 Å². The summed E-state index contributed by atoms with van der Waals surface area (Å²) in [5.74, 6) is -0.528. The second-order valence-corrected chi connectivity index (χ2v) is 5.94. The molecule has 0 bridgehead atoms. The van der Waals surface area contributed by atoms with Gasteiger partial charge in [-0.05, 0) is 17.5 Å². The van der Waals surface area contributed by atoms with Crippen LogP contribution >= 0.6 is 11.3 Å². The van der Waals surface area contributed by atoms with Gasteiger partial charge in [-0.2, -0.15) is 0 Å². The maximum atomic E-state index is 12.4. The van der Waals surface area contributed by atoms with Crippen LogP contribution in [0.1, 0.15) is 20.8 Å². The quantitative estimate of drug-likeness (QED) is 0.724. The number of amides is 1. The largest absolute Gasteiger partial charge is 0.354 e. The summed E-state index contributed by atoms with van der Waals surface area (Å²) in [6.07, 6.45) is 2.95. The lowest BCUT2D eigenvalue weighted by molar-refractivity contribution is 0.0954. The minimum atomic E-state index is -0.273. The highest BCUT2D eigenvalue weighted by Crippen LogP contribution is 2.14. The lowest BCUT2D eigenvalue weighted by Crippen LogP contribution is -2.24. The SMILES string of the molecule is CNC(=O)c1cc(C(=O)Cn2cnc3sccc3c2=O)cn1C. The number of hydrogen-bond acceptors (Lipinski definition) is 5. The first-order valence-electron chi connectivity index (χ1n) is 6.85. The zero-order valence-corrected chi connectivity index (χ0v) is 13.4. The summed E-state index contributed by atoms with van der Waals surface area (Å²) in [4.78, 5) is 41.2. The van der Waals surface area contributed by atoms with Gasteiger partial charge in [-0.25, -0.2) is 4.98 Å². The maximum Gasteiger partial charge on any atom is 0.267 e. The number of nitrogens with zero attached hydrogens (tertiary/aromatic N) is 3. The summed E-state index contributed by atoms with van der Waals surface area (Å²) >= 11 is 1.38. The highest BCUT2D eigenvalue weighted by Gasteiger charge is 2.16. The van der Waals surface area contributed by atoms with Crippen LogP contribution in [0.3, 0.4) is 0 Å². The summed E-state index contributed by atoms with van der Waals surface area (Å²) < 4.78 is 2.86. The fourth-order valence-corrected chi connectivity index (χ4v) is 3.05. The number of aryl methyl sites for hydroxylation is 1. The normalized spacial score (nSPS) is 10.9.